The maximum Gasteiger partial charge on any atom is 0.475 e. The number of rotatable bonds is 11. The van der Waals surface area contributed by atoms with Crippen molar-refractivity contribution in [1.29, 1.82) is 0 Å². The molecule has 6 rings (SSSR count). The number of aliphatic hydroxyl groups excluding tert-OH is 2. The highest BCUT2D eigenvalue weighted by molar-refractivity contribution is 7.48. The number of ether oxygens (including phenoxy) is 2. The van der Waals surface area contributed by atoms with Gasteiger partial charge in [-0.1, -0.05) is 0 Å². The molecule has 0 radical (unpaired) electrons. The molecule has 0 spiro atoms. The zero-order valence-electron chi connectivity index (χ0n) is 23.2. The molecule has 244 valence electrons. The molecule has 8 N–H and O–H groups in total. The van der Waals surface area contributed by atoms with Crippen molar-refractivity contribution in [3.05, 3.63) is 25.3 Å². The lowest BCUT2D eigenvalue weighted by atomic mass is 10.1. The molecule has 0 bridgehead atoms. The first-order valence-corrected chi connectivity index (χ1v) is 16.1. The van der Waals surface area contributed by atoms with E-state index in [2.05, 4.69) is 34.4 Å². The number of phosphoric acid groups is 2. The molecule has 8 atom stereocenters. The van der Waals surface area contributed by atoms with Crippen molar-refractivity contribution in [2.75, 3.05) is 31.8 Å². The molecule has 2 saturated heterocycles. The second kappa shape index (κ2) is 12.2. The first-order valence-electron chi connectivity index (χ1n) is 13.1. The first kappa shape index (κ1) is 31.7. The average molecular weight is 674 g/mol. The van der Waals surface area contributed by atoms with Gasteiger partial charge in [-0.3, -0.25) is 27.2 Å². The number of aliphatic hydroxyl groups is 2. The van der Waals surface area contributed by atoms with Gasteiger partial charge >= 0.3 is 15.6 Å². The smallest absolute Gasteiger partial charge is 0.388 e. The predicted octanol–water partition coefficient (Wildman–Crippen LogP) is -0.997. The van der Waals surface area contributed by atoms with Crippen molar-refractivity contribution in [1.82, 2.24) is 39.0 Å². The van der Waals surface area contributed by atoms with Gasteiger partial charge in [-0.05, 0) is 0 Å². The fourth-order valence-electron chi connectivity index (χ4n) is 5.03. The van der Waals surface area contributed by atoms with Crippen LogP contribution in [0.25, 0.3) is 22.3 Å². The summed E-state index contributed by atoms with van der Waals surface area (Å²) in [6.07, 6.45) is -3.65. The fraction of sp³-hybridized carbons (Fsp3) is 0.524. The van der Waals surface area contributed by atoms with E-state index >= 15 is 0 Å². The first-order chi connectivity index (χ1) is 21.4. The lowest BCUT2D eigenvalue weighted by Gasteiger charge is -2.25. The Morgan fingerprint density at radius 3 is 2.07 bits per heavy atom. The highest BCUT2D eigenvalue weighted by Gasteiger charge is 2.51. The number of nitrogens with two attached hydrogens (primary N) is 2. The van der Waals surface area contributed by atoms with Gasteiger partial charge in [0.2, 0.25) is 0 Å². The van der Waals surface area contributed by atoms with Crippen LogP contribution in [0, 0.1) is 0 Å². The van der Waals surface area contributed by atoms with Gasteiger partial charge in [0.15, 0.2) is 35.4 Å². The largest absolute Gasteiger partial charge is 0.475 e. The lowest BCUT2D eigenvalue weighted by molar-refractivity contribution is -0.0565. The normalized spacial score (nSPS) is 28.7. The van der Waals surface area contributed by atoms with Crippen LogP contribution in [0.5, 0.6) is 0 Å². The maximum absolute atomic E-state index is 13.6. The molecule has 0 aliphatic carbocycles. The molecular weight excluding hydrogens is 646 g/mol. The highest BCUT2D eigenvalue weighted by Crippen LogP contribution is 2.53. The van der Waals surface area contributed by atoms with E-state index in [1.807, 2.05) is 0 Å². The van der Waals surface area contributed by atoms with Crippen LogP contribution < -0.4 is 11.5 Å². The quantitative estimate of drug-likeness (QED) is 0.104. The van der Waals surface area contributed by atoms with Crippen LogP contribution in [-0.4, -0.2) is 110 Å². The second-order valence-electron chi connectivity index (χ2n) is 9.96. The standard InChI is InChI=1S/C21H28N10O12P2/c1-38-45(37,40-3-9-2-10(32)20(41-9)30-7-28-12-16(22)24-5-26-18(12)30)43-15-11(4-39-44(34,35)36)42-21(14(15)33)31-8-29-13-17(23)25-6-27-19(13)31/h5-11,14-15,20-21,32-33H,2-4H2,1H3,(H2,22,24,26)(H2,23,25,27)(H2,34,35,36)/t9-,10+,11?,14+,15+,20+,21+,45?/m0/s1. The molecule has 0 saturated carbocycles. The van der Waals surface area contributed by atoms with Crippen LogP contribution in [0.4, 0.5) is 11.6 Å². The summed E-state index contributed by atoms with van der Waals surface area (Å²) < 4.78 is 60.2. The third kappa shape index (κ3) is 6.28. The number of fused-ring (bicyclic) bond motifs is 2. The lowest BCUT2D eigenvalue weighted by Crippen LogP contribution is -2.36. The Morgan fingerprint density at radius 2 is 1.49 bits per heavy atom. The number of imidazole rings is 2. The van der Waals surface area contributed by atoms with Gasteiger partial charge in [0.1, 0.15) is 48.1 Å². The number of nitrogens with zero attached hydrogens (tertiary/aromatic N) is 8. The monoisotopic (exact) mass is 674 g/mol. The minimum absolute atomic E-state index is 0.0449. The summed E-state index contributed by atoms with van der Waals surface area (Å²) in [5.74, 6) is 0.200. The van der Waals surface area contributed by atoms with Crippen LogP contribution in [0.2, 0.25) is 0 Å². The Bertz CT molecular complexity index is 1790. The second-order valence-corrected chi connectivity index (χ2v) is 12.9. The van der Waals surface area contributed by atoms with Gasteiger partial charge in [-0.15, -0.1) is 0 Å². The van der Waals surface area contributed by atoms with Crippen molar-refractivity contribution < 1.29 is 56.7 Å². The minimum atomic E-state index is -4.99. The summed E-state index contributed by atoms with van der Waals surface area (Å²) in [5, 5.41) is 21.9. The van der Waals surface area contributed by atoms with Gasteiger partial charge in [0, 0.05) is 13.5 Å². The van der Waals surface area contributed by atoms with Crippen molar-refractivity contribution in [2.24, 2.45) is 0 Å². The molecule has 0 aromatic carbocycles. The predicted molar refractivity (Wildman–Crippen MR) is 147 cm³/mol. The summed E-state index contributed by atoms with van der Waals surface area (Å²) >= 11 is 0. The number of aromatic nitrogens is 8. The van der Waals surface area contributed by atoms with Gasteiger partial charge in [-0.2, -0.15) is 0 Å². The summed E-state index contributed by atoms with van der Waals surface area (Å²) in [5.41, 5.74) is 12.7. The molecule has 0 amide bonds. The summed E-state index contributed by atoms with van der Waals surface area (Å²) in [6, 6.07) is 0. The summed E-state index contributed by atoms with van der Waals surface area (Å²) in [6.45, 7) is -1.19. The molecule has 22 nitrogen and oxygen atoms in total. The summed E-state index contributed by atoms with van der Waals surface area (Å²) in [7, 11) is -8.49. The Balaban J connectivity index is 1.17. The topological polar surface area (TPSA) is 310 Å². The fourth-order valence-corrected chi connectivity index (χ4v) is 6.53. The average Bonchev–Trinajstić information content (AvgIpc) is 3.77. The van der Waals surface area contributed by atoms with E-state index in [0.29, 0.717) is 11.2 Å². The zero-order valence-corrected chi connectivity index (χ0v) is 24.9. The Kier molecular flexibility index (Phi) is 8.58. The van der Waals surface area contributed by atoms with Crippen LogP contribution >= 0.6 is 15.6 Å². The zero-order chi connectivity index (χ0) is 32.1. The molecule has 6 heterocycles. The number of phosphoric ester groups is 2. The highest BCUT2D eigenvalue weighted by atomic mass is 31.2. The van der Waals surface area contributed by atoms with Crippen LogP contribution in [0.1, 0.15) is 18.9 Å². The van der Waals surface area contributed by atoms with E-state index < -0.39 is 71.8 Å². The van der Waals surface area contributed by atoms with E-state index in [0.717, 1.165) is 13.4 Å². The van der Waals surface area contributed by atoms with Crippen LogP contribution in [0.3, 0.4) is 0 Å². The van der Waals surface area contributed by atoms with Gasteiger partial charge in [-0.25, -0.2) is 39.0 Å². The van der Waals surface area contributed by atoms with E-state index in [-0.39, 0.29) is 29.2 Å². The van der Waals surface area contributed by atoms with E-state index in [1.165, 1.54) is 28.1 Å². The molecule has 2 unspecified atom stereocenters. The van der Waals surface area contributed by atoms with Crippen LogP contribution in [0.15, 0.2) is 25.3 Å². The van der Waals surface area contributed by atoms with E-state index in [4.69, 9.17) is 34.5 Å². The minimum Gasteiger partial charge on any atom is -0.388 e. The summed E-state index contributed by atoms with van der Waals surface area (Å²) in [4.78, 5) is 42.7. The molecule has 2 aliphatic heterocycles. The maximum atomic E-state index is 13.6. The number of hydrogen-bond acceptors (Lipinski definition) is 18. The molecular formula is C21H28N10O12P2. The molecule has 4 aromatic heterocycles. The van der Waals surface area contributed by atoms with E-state index in [1.54, 1.807) is 0 Å². The molecule has 2 fully saturated rings. The van der Waals surface area contributed by atoms with Crippen molar-refractivity contribution in [3.63, 3.8) is 0 Å². The SMILES string of the molecule is COP(=O)(OC[C@@H]1C[C@@H](O)[C@H](n2cnc3c(N)ncnc32)O1)O[C@@H]1C(COP(=O)(O)O)O[C@@H](n2cnc3c(N)ncnc32)[C@@H]1O. The number of nitrogen functional groups attached to an aromatic ring is 2. The Hall–Kier alpha value is -3.24. The van der Waals surface area contributed by atoms with Crippen molar-refractivity contribution in [2.45, 2.75) is 49.4 Å². The van der Waals surface area contributed by atoms with Crippen molar-refractivity contribution in [3.8, 4) is 0 Å². The Labute approximate surface area is 252 Å². The molecule has 2 aliphatic rings. The molecule has 4 aromatic rings. The van der Waals surface area contributed by atoms with Gasteiger partial charge < -0.3 is 40.9 Å². The van der Waals surface area contributed by atoms with Gasteiger partial charge in [0.05, 0.1) is 32.0 Å². The van der Waals surface area contributed by atoms with Gasteiger partial charge in [0.25, 0.3) is 0 Å². The third-order valence-corrected chi connectivity index (χ3v) is 9.00. The molecule has 45 heavy (non-hydrogen) atoms. The van der Waals surface area contributed by atoms with Crippen LogP contribution in [-0.2, 0) is 36.7 Å². The third-order valence-electron chi connectivity index (χ3n) is 7.10. The number of anilines is 2. The molecule has 24 heteroatoms. The van der Waals surface area contributed by atoms with Crippen molar-refractivity contribution >= 4 is 49.6 Å². The Morgan fingerprint density at radius 1 is 0.889 bits per heavy atom. The van der Waals surface area contributed by atoms with E-state index in [9.17, 15) is 29.1 Å². The number of hydrogen-bond donors (Lipinski definition) is 6.